The van der Waals surface area contributed by atoms with Crippen molar-refractivity contribution in [2.75, 3.05) is 6.61 Å². The Kier molecular flexibility index (Phi) is 3.26. The molecule has 1 N–H and O–H groups in total. The van der Waals surface area contributed by atoms with Gasteiger partial charge in [0.2, 0.25) is 0 Å². The predicted octanol–water partition coefficient (Wildman–Crippen LogP) is 2.38. The van der Waals surface area contributed by atoms with Crippen LogP contribution in [0.4, 0.5) is 0 Å². The Labute approximate surface area is 133 Å². The number of benzene rings is 1. The highest BCUT2D eigenvalue weighted by Crippen LogP contribution is 2.24. The van der Waals surface area contributed by atoms with Crippen LogP contribution in [-0.2, 0) is 6.42 Å². The van der Waals surface area contributed by atoms with Gasteiger partial charge in [-0.2, -0.15) is 5.10 Å². The van der Waals surface area contributed by atoms with Crippen molar-refractivity contribution in [3.63, 3.8) is 0 Å². The van der Waals surface area contributed by atoms with Crippen LogP contribution in [0.3, 0.4) is 0 Å². The number of nitrogens with zero attached hydrogens (tertiary/aromatic N) is 2. The number of aromatic nitrogens is 2. The van der Waals surface area contributed by atoms with E-state index in [9.17, 15) is 4.79 Å². The van der Waals surface area contributed by atoms with E-state index in [2.05, 4.69) is 10.4 Å². The van der Waals surface area contributed by atoms with Gasteiger partial charge in [0.05, 0.1) is 23.3 Å². The number of ether oxygens (including phenoxy) is 1. The van der Waals surface area contributed by atoms with Crippen LogP contribution in [0, 0.1) is 6.92 Å². The van der Waals surface area contributed by atoms with Crippen molar-refractivity contribution < 1.29 is 9.53 Å². The Morgan fingerprint density at radius 1 is 1.30 bits per heavy atom. The van der Waals surface area contributed by atoms with Gasteiger partial charge in [-0.25, -0.2) is 4.52 Å². The lowest BCUT2D eigenvalue weighted by molar-refractivity contribution is 0.0917. The topological polar surface area (TPSA) is 55.6 Å². The Balaban J connectivity index is 1.54. The van der Waals surface area contributed by atoms with Crippen molar-refractivity contribution in [3.8, 4) is 5.75 Å². The molecule has 0 radical (unpaired) electrons. The molecule has 0 saturated heterocycles. The average Bonchev–Trinajstić information content (AvgIpc) is 2.97. The number of hydrogen-bond donors (Lipinski definition) is 1. The van der Waals surface area contributed by atoms with Gasteiger partial charge in [-0.1, -0.05) is 24.3 Å². The Hall–Kier alpha value is -2.82. The molecule has 0 aliphatic carbocycles. The van der Waals surface area contributed by atoms with Crippen LogP contribution in [-0.4, -0.2) is 28.2 Å². The molecule has 4 rings (SSSR count). The van der Waals surface area contributed by atoms with E-state index in [1.165, 1.54) is 0 Å². The van der Waals surface area contributed by atoms with Crippen LogP contribution >= 0.6 is 0 Å². The second kappa shape index (κ2) is 5.43. The van der Waals surface area contributed by atoms with E-state index in [1.54, 1.807) is 10.7 Å². The van der Waals surface area contributed by atoms with Gasteiger partial charge in [0.15, 0.2) is 0 Å². The number of hydrogen-bond acceptors (Lipinski definition) is 3. The minimum absolute atomic E-state index is 0.0298. The SMILES string of the molecule is Cc1ccc2c(C(=O)NC3COc4ccccc4C3)cnn2c1. The zero-order valence-electron chi connectivity index (χ0n) is 12.8. The summed E-state index contributed by atoms with van der Waals surface area (Å²) in [7, 11) is 0. The first-order valence-electron chi connectivity index (χ1n) is 7.66. The number of nitrogens with one attached hydrogen (secondary N) is 1. The van der Waals surface area contributed by atoms with Gasteiger partial charge < -0.3 is 10.1 Å². The van der Waals surface area contributed by atoms with Gasteiger partial charge in [-0.05, 0) is 36.6 Å². The van der Waals surface area contributed by atoms with Gasteiger partial charge in [-0.15, -0.1) is 0 Å². The number of para-hydroxylation sites is 1. The quantitative estimate of drug-likeness (QED) is 0.791. The normalized spacial score (nSPS) is 16.7. The molecule has 3 aromatic rings. The summed E-state index contributed by atoms with van der Waals surface area (Å²) in [6.45, 7) is 2.48. The van der Waals surface area contributed by atoms with Gasteiger partial charge in [0.1, 0.15) is 12.4 Å². The summed E-state index contributed by atoms with van der Waals surface area (Å²) in [5.41, 5.74) is 3.62. The van der Waals surface area contributed by atoms with Crippen molar-refractivity contribution in [1.29, 1.82) is 0 Å². The van der Waals surface area contributed by atoms with E-state index in [-0.39, 0.29) is 11.9 Å². The smallest absolute Gasteiger partial charge is 0.255 e. The molecule has 0 bridgehead atoms. The monoisotopic (exact) mass is 307 g/mol. The largest absolute Gasteiger partial charge is 0.491 e. The molecule has 23 heavy (non-hydrogen) atoms. The molecule has 116 valence electrons. The summed E-state index contributed by atoms with van der Waals surface area (Å²) < 4.78 is 7.46. The molecule has 1 aromatic carbocycles. The first-order valence-corrected chi connectivity index (χ1v) is 7.66. The fraction of sp³-hybridized carbons (Fsp3) is 0.222. The first kappa shape index (κ1) is 13.8. The molecular formula is C18H17N3O2. The number of amides is 1. The number of rotatable bonds is 2. The summed E-state index contributed by atoms with van der Waals surface area (Å²) in [6, 6.07) is 11.8. The third-order valence-electron chi connectivity index (χ3n) is 4.12. The van der Waals surface area contributed by atoms with E-state index in [0.717, 1.165) is 28.8 Å². The molecule has 5 nitrogen and oxygen atoms in total. The highest BCUT2D eigenvalue weighted by molar-refractivity contribution is 6.00. The van der Waals surface area contributed by atoms with E-state index in [0.29, 0.717) is 12.2 Å². The van der Waals surface area contributed by atoms with E-state index in [1.807, 2.05) is 49.5 Å². The first-order chi connectivity index (χ1) is 11.2. The lowest BCUT2D eigenvalue weighted by Gasteiger charge is -2.25. The number of carbonyl (C=O) groups excluding carboxylic acids is 1. The Morgan fingerprint density at radius 3 is 3.09 bits per heavy atom. The second-order valence-corrected chi connectivity index (χ2v) is 5.89. The zero-order chi connectivity index (χ0) is 15.8. The maximum absolute atomic E-state index is 12.6. The van der Waals surface area contributed by atoms with Gasteiger partial charge in [0, 0.05) is 6.20 Å². The van der Waals surface area contributed by atoms with Crippen LogP contribution in [0.1, 0.15) is 21.5 Å². The van der Waals surface area contributed by atoms with E-state index in [4.69, 9.17) is 4.74 Å². The number of pyridine rings is 1. The van der Waals surface area contributed by atoms with Crippen LogP contribution in [0.5, 0.6) is 5.75 Å². The molecule has 1 aliphatic heterocycles. The summed E-state index contributed by atoms with van der Waals surface area (Å²) in [5, 5.41) is 7.31. The minimum Gasteiger partial charge on any atom is -0.491 e. The van der Waals surface area contributed by atoms with Crippen LogP contribution in [0.25, 0.3) is 5.52 Å². The number of aryl methyl sites for hydroxylation is 1. The Morgan fingerprint density at radius 2 is 2.17 bits per heavy atom. The standard InChI is InChI=1S/C18H17N3O2/c1-12-6-7-16-15(9-19-21(16)10-12)18(22)20-14-8-13-4-2-3-5-17(13)23-11-14/h2-7,9-10,14H,8,11H2,1H3,(H,20,22). The molecule has 1 unspecified atom stereocenters. The van der Waals surface area contributed by atoms with Crippen molar-refractivity contribution in [3.05, 3.63) is 65.5 Å². The van der Waals surface area contributed by atoms with Crippen molar-refractivity contribution >= 4 is 11.4 Å². The van der Waals surface area contributed by atoms with E-state index < -0.39 is 0 Å². The average molecular weight is 307 g/mol. The number of carbonyl (C=O) groups is 1. The molecule has 5 heteroatoms. The van der Waals surface area contributed by atoms with E-state index >= 15 is 0 Å². The third kappa shape index (κ3) is 2.54. The molecule has 3 heterocycles. The van der Waals surface area contributed by atoms with Crippen molar-refractivity contribution in [2.24, 2.45) is 0 Å². The fourth-order valence-electron chi connectivity index (χ4n) is 2.95. The third-order valence-corrected chi connectivity index (χ3v) is 4.12. The van der Waals surface area contributed by atoms with Crippen molar-refractivity contribution in [1.82, 2.24) is 14.9 Å². The fourth-order valence-corrected chi connectivity index (χ4v) is 2.95. The summed E-state index contributed by atoms with van der Waals surface area (Å²) >= 11 is 0. The number of fused-ring (bicyclic) bond motifs is 2. The summed E-state index contributed by atoms with van der Waals surface area (Å²) in [4.78, 5) is 12.6. The van der Waals surface area contributed by atoms with Crippen LogP contribution in [0.15, 0.2) is 48.8 Å². The van der Waals surface area contributed by atoms with Gasteiger partial charge >= 0.3 is 0 Å². The molecule has 0 fully saturated rings. The maximum atomic E-state index is 12.6. The molecule has 1 atom stereocenters. The highest BCUT2D eigenvalue weighted by Gasteiger charge is 2.22. The molecule has 1 aliphatic rings. The highest BCUT2D eigenvalue weighted by atomic mass is 16.5. The molecule has 1 amide bonds. The minimum atomic E-state index is -0.114. The molecule has 0 spiro atoms. The second-order valence-electron chi connectivity index (χ2n) is 5.89. The molecule has 0 saturated carbocycles. The van der Waals surface area contributed by atoms with Gasteiger partial charge in [0.25, 0.3) is 5.91 Å². The Bertz CT molecular complexity index is 885. The van der Waals surface area contributed by atoms with Crippen LogP contribution < -0.4 is 10.1 Å². The molecular weight excluding hydrogens is 290 g/mol. The maximum Gasteiger partial charge on any atom is 0.255 e. The van der Waals surface area contributed by atoms with Crippen molar-refractivity contribution in [2.45, 2.75) is 19.4 Å². The van der Waals surface area contributed by atoms with Gasteiger partial charge in [-0.3, -0.25) is 4.79 Å². The predicted molar refractivity (Wildman–Crippen MR) is 86.8 cm³/mol. The molecule has 2 aromatic heterocycles. The summed E-state index contributed by atoms with van der Waals surface area (Å²) in [6.07, 6.45) is 4.30. The summed E-state index contributed by atoms with van der Waals surface area (Å²) in [5.74, 6) is 0.793. The lowest BCUT2D eigenvalue weighted by Crippen LogP contribution is -2.42. The van der Waals surface area contributed by atoms with Crippen LogP contribution in [0.2, 0.25) is 0 Å². The lowest BCUT2D eigenvalue weighted by atomic mass is 10.0. The zero-order valence-corrected chi connectivity index (χ0v) is 12.8.